The smallest absolute Gasteiger partial charge is 0.124 e. The molecular weight excluding hydrogens is 229 g/mol. The third-order valence-electron chi connectivity index (χ3n) is 2.32. The number of benzene rings is 1. The summed E-state index contributed by atoms with van der Waals surface area (Å²) in [6.45, 7) is 3.31. The SMILES string of the molecule is CCCOCC(NC)c1ccc(F)cc1Cl. The summed E-state index contributed by atoms with van der Waals surface area (Å²) in [6, 6.07) is 4.42. The summed E-state index contributed by atoms with van der Waals surface area (Å²) in [7, 11) is 1.83. The Kier molecular flexibility index (Phi) is 5.74. The molecule has 0 heterocycles. The summed E-state index contributed by atoms with van der Waals surface area (Å²) >= 11 is 5.98. The van der Waals surface area contributed by atoms with Crippen molar-refractivity contribution in [1.82, 2.24) is 5.32 Å². The van der Waals surface area contributed by atoms with E-state index in [-0.39, 0.29) is 11.9 Å². The van der Waals surface area contributed by atoms with Crippen molar-refractivity contribution in [2.45, 2.75) is 19.4 Å². The molecule has 0 fully saturated rings. The van der Waals surface area contributed by atoms with Gasteiger partial charge in [-0.25, -0.2) is 4.39 Å². The normalized spacial score (nSPS) is 12.8. The topological polar surface area (TPSA) is 21.3 Å². The summed E-state index contributed by atoms with van der Waals surface area (Å²) in [5.41, 5.74) is 0.863. The lowest BCUT2D eigenvalue weighted by Gasteiger charge is -2.18. The molecule has 0 aromatic heterocycles. The highest BCUT2D eigenvalue weighted by atomic mass is 35.5. The van der Waals surface area contributed by atoms with Crippen LogP contribution in [0.5, 0.6) is 0 Å². The molecule has 0 saturated carbocycles. The van der Waals surface area contributed by atoms with Crippen LogP contribution in [0.25, 0.3) is 0 Å². The average molecular weight is 246 g/mol. The van der Waals surface area contributed by atoms with Gasteiger partial charge in [-0.2, -0.15) is 0 Å². The second kappa shape index (κ2) is 6.84. The van der Waals surface area contributed by atoms with E-state index in [1.54, 1.807) is 6.07 Å². The van der Waals surface area contributed by atoms with Crippen LogP contribution in [0.3, 0.4) is 0 Å². The van der Waals surface area contributed by atoms with Gasteiger partial charge in [0.25, 0.3) is 0 Å². The van der Waals surface area contributed by atoms with Gasteiger partial charge in [-0.1, -0.05) is 24.6 Å². The van der Waals surface area contributed by atoms with Crippen molar-refractivity contribution in [3.05, 3.63) is 34.6 Å². The summed E-state index contributed by atoms with van der Waals surface area (Å²) in [5, 5.41) is 3.54. The first-order valence-corrected chi connectivity index (χ1v) is 5.76. The predicted molar refractivity (Wildman–Crippen MR) is 64.3 cm³/mol. The van der Waals surface area contributed by atoms with Crippen LogP contribution < -0.4 is 5.32 Å². The van der Waals surface area contributed by atoms with E-state index in [9.17, 15) is 4.39 Å². The molecule has 0 aliphatic heterocycles. The first-order chi connectivity index (χ1) is 7.69. The van der Waals surface area contributed by atoms with E-state index in [1.165, 1.54) is 12.1 Å². The van der Waals surface area contributed by atoms with E-state index in [1.807, 2.05) is 7.05 Å². The summed E-state index contributed by atoms with van der Waals surface area (Å²) in [5.74, 6) is -0.321. The molecule has 2 nitrogen and oxygen atoms in total. The third-order valence-corrected chi connectivity index (χ3v) is 2.65. The largest absolute Gasteiger partial charge is 0.379 e. The van der Waals surface area contributed by atoms with Crippen molar-refractivity contribution in [3.63, 3.8) is 0 Å². The molecular formula is C12H17ClFNO. The van der Waals surface area contributed by atoms with Crippen LogP contribution in [0.1, 0.15) is 24.9 Å². The van der Waals surface area contributed by atoms with E-state index < -0.39 is 0 Å². The van der Waals surface area contributed by atoms with E-state index in [0.29, 0.717) is 11.6 Å². The van der Waals surface area contributed by atoms with Gasteiger partial charge in [-0.05, 0) is 31.2 Å². The lowest BCUT2D eigenvalue weighted by atomic mass is 10.1. The van der Waals surface area contributed by atoms with Gasteiger partial charge >= 0.3 is 0 Å². The minimum absolute atomic E-state index is 0.000324. The molecule has 0 bridgehead atoms. The zero-order valence-corrected chi connectivity index (χ0v) is 10.4. The van der Waals surface area contributed by atoms with Crippen LogP contribution in [0.4, 0.5) is 4.39 Å². The Hall–Kier alpha value is -0.640. The van der Waals surface area contributed by atoms with E-state index in [4.69, 9.17) is 16.3 Å². The van der Waals surface area contributed by atoms with Gasteiger partial charge in [0, 0.05) is 11.6 Å². The molecule has 0 amide bonds. The highest BCUT2D eigenvalue weighted by molar-refractivity contribution is 6.31. The predicted octanol–water partition coefficient (Wildman–Crippen LogP) is 3.17. The van der Waals surface area contributed by atoms with Gasteiger partial charge in [0.05, 0.1) is 12.6 Å². The molecule has 16 heavy (non-hydrogen) atoms. The number of rotatable bonds is 6. The van der Waals surface area contributed by atoms with Crippen molar-refractivity contribution in [2.24, 2.45) is 0 Å². The number of hydrogen-bond donors (Lipinski definition) is 1. The molecule has 0 saturated heterocycles. The molecule has 1 aromatic rings. The molecule has 90 valence electrons. The van der Waals surface area contributed by atoms with Crippen molar-refractivity contribution in [3.8, 4) is 0 Å². The molecule has 4 heteroatoms. The van der Waals surface area contributed by atoms with Crippen LogP contribution in [-0.2, 0) is 4.74 Å². The summed E-state index contributed by atoms with van der Waals surface area (Å²) in [6.07, 6.45) is 0.980. The van der Waals surface area contributed by atoms with Crippen LogP contribution in [0, 0.1) is 5.82 Å². The number of nitrogens with one attached hydrogen (secondary N) is 1. The zero-order chi connectivity index (χ0) is 12.0. The van der Waals surface area contributed by atoms with Crippen molar-refractivity contribution < 1.29 is 9.13 Å². The fourth-order valence-electron chi connectivity index (χ4n) is 1.46. The van der Waals surface area contributed by atoms with Crippen molar-refractivity contribution in [2.75, 3.05) is 20.3 Å². The molecule has 0 radical (unpaired) electrons. The molecule has 1 atom stereocenters. The lowest BCUT2D eigenvalue weighted by molar-refractivity contribution is 0.114. The molecule has 1 rings (SSSR count). The van der Waals surface area contributed by atoms with E-state index >= 15 is 0 Å². The van der Waals surface area contributed by atoms with Crippen LogP contribution in [0.2, 0.25) is 5.02 Å². The Morgan fingerprint density at radius 2 is 2.25 bits per heavy atom. The van der Waals surface area contributed by atoms with Crippen LogP contribution in [0.15, 0.2) is 18.2 Å². The maximum Gasteiger partial charge on any atom is 0.124 e. The minimum Gasteiger partial charge on any atom is -0.379 e. The molecule has 0 spiro atoms. The third kappa shape index (κ3) is 3.74. The van der Waals surface area contributed by atoms with Crippen molar-refractivity contribution in [1.29, 1.82) is 0 Å². The van der Waals surface area contributed by atoms with Gasteiger partial charge in [-0.15, -0.1) is 0 Å². The fourth-order valence-corrected chi connectivity index (χ4v) is 1.76. The van der Waals surface area contributed by atoms with Gasteiger partial charge in [0.15, 0.2) is 0 Å². The van der Waals surface area contributed by atoms with Gasteiger partial charge in [0.1, 0.15) is 5.82 Å². The maximum atomic E-state index is 12.9. The van der Waals surface area contributed by atoms with Crippen LogP contribution in [-0.4, -0.2) is 20.3 Å². The lowest BCUT2D eigenvalue weighted by Crippen LogP contribution is -2.22. The second-order valence-electron chi connectivity index (χ2n) is 3.58. The highest BCUT2D eigenvalue weighted by Gasteiger charge is 2.13. The standard InChI is InChI=1S/C12H17ClFNO/c1-3-6-16-8-12(15-2)10-5-4-9(14)7-11(10)13/h4-5,7,12,15H,3,6,8H2,1-2H3. The second-order valence-corrected chi connectivity index (χ2v) is 3.99. The monoisotopic (exact) mass is 245 g/mol. The molecule has 0 aliphatic carbocycles. The Bertz CT molecular complexity index is 333. The summed E-state index contributed by atoms with van der Waals surface area (Å²) < 4.78 is 18.3. The van der Waals surface area contributed by atoms with Gasteiger partial charge in [0.2, 0.25) is 0 Å². The zero-order valence-electron chi connectivity index (χ0n) is 9.59. The Balaban J connectivity index is 2.70. The van der Waals surface area contributed by atoms with Crippen LogP contribution >= 0.6 is 11.6 Å². The molecule has 1 aromatic carbocycles. The Morgan fingerprint density at radius 3 is 2.81 bits per heavy atom. The summed E-state index contributed by atoms with van der Waals surface area (Å²) in [4.78, 5) is 0. The van der Waals surface area contributed by atoms with E-state index in [0.717, 1.165) is 18.6 Å². The first kappa shape index (κ1) is 13.4. The number of hydrogen-bond acceptors (Lipinski definition) is 2. The fraction of sp³-hybridized carbons (Fsp3) is 0.500. The highest BCUT2D eigenvalue weighted by Crippen LogP contribution is 2.23. The van der Waals surface area contributed by atoms with E-state index in [2.05, 4.69) is 12.2 Å². The number of likely N-dealkylation sites (N-methyl/N-ethyl adjacent to an activating group) is 1. The minimum atomic E-state index is -0.321. The quantitative estimate of drug-likeness (QED) is 0.778. The molecule has 1 unspecified atom stereocenters. The van der Waals surface area contributed by atoms with Gasteiger partial charge in [-0.3, -0.25) is 0 Å². The maximum absolute atomic E-state index is 12.9. The molecule has 0 aliphatic rings. The van der Waals surface area contributed by atoms with Gasteiger partial charge < -0.3 is 10.1 Å². The first-order valence-electron chi connectivity index (χ1n) is 5.39. The number of ether oxygens (including phenoxy) is 1. The number of halogens is 2. The Labute approximate surface area is 101 Å². The average Bonchev–Trinajstić information content (AvgIpc) is 2.26. The molecule has 1 N–H and O–H groups in total. The van der Waals surface area contributed by atoms with Crippen molar-refractivity contribution >= 4 is 11.6 Å². The Morgan fingerprint density at radius 1 is 1.50 bits per heavy atom.